The number of nitrogens with two attached hydrogens (primary N) is 1. The number of nitrogens with one attached hydrogen (secondary N) is 2. The molecule has 0 aromatic heterocycles. The highest BCUT2D eigenvalue weighted by molar-refractivity contribution is 5.85. The maximum atomic E-state index is 10.9. The second kappa shape index (κ2) is 12.1. The van der Waals surface area contributed by atoms with Crippen LogP contribution in [0, 0.1) is 5.41 Å². The largest absolute Gasteiger partial charge is 0.433 e. The zero-order valence-corrected chi connectivity index (χ0v) is 8.66. The Morgan fingerprint density at radius 2 is 1.87 bits per heavy atom. The van der Waals surface area contributed by atoms with Crippen LogP contribution in [0.3, 0.4) is 0 Å². The normalized spacial score (nSPS) is 8.80. The molecule has 0 heterocycles. The molecule has 0 aromatic carbocycles. The van der Waals surface area contributed by atoms with Crippen LogP contribution in [0.4, 0.5) is 0 Å². The van der Waals surface area contributed by atoms with E-state index in [4.69, 9.17) is 11.1 Å². The number of rotatable bonds is 4. The van der Waals surface area contributed by atoms with Crippen molar-refractivity contribution in [2.24, 2.45) is 5.73 Å². The fourth-order valence-electron chi connectivity index (χ4n) is 0.537. The van der Waals surface area contributed by atoms with Gasteiger partial charge in [0.15, 0.2) is 5.96 Å². The van der Waals surface area contributed by atoms with Gasteiger partial charge < -0.3 is 34.2 Å². The highest BCUT2D eigenvalue weighted by Crippen LogP contribution is 1.89. The third kappa shape index (κ3) is 10.0. The van der Waals surface area contributed by atoms with E-state index in [1.54, 1.807) is 0 Å². The molecule has 8 heteroatoms. The molecule has 15 heavy (non-hydrogen) atoms. The van der Waals surface area contributed by atoms with Crippen molar-refractivity contribution in [3.05, 3.63) is 25.5 Å². The topological polar surface area (TPSA) is 193 Å². The molecule has 0 spiro atoms. The summed E-state index contributed by atoms with van der Waals surface area (Å²) in [7, 11) is 0. The number of carbonyl (C=O) groups is 1. The van der Waals surface area contributed by atoms with Crippen molar-refractivity contribution in [2.45, 2.75) is 6.04 Å². The number of ether oxygens (including phenoxy) is 1. The van der Waals surface area contributed by atoms with Crippen LogP contribution in [0.5, 0.6) is 0 Å². The molecule has 8 nitrogen and oxygen atoms in total. The van der Waals surface area contributed by atoms with Gasteiger partial charge in [-0.3, -0.25) is 5.41 Å². The maximum absolute atomic E-state index is 10.9. The summed E-state index contributed by atoms with van der Waals surface area (Å²) >= 11 is 0. The lowest BCUT2D eigenvalue weighted by atomic mass is 10.3. The fraction of sp³-hybridized carbons (Fsp3) is 0.143. The van der Waals surface area contributed by atoms with Crippen LogP contribution in [0.25, 0.3) is 0 Å². The number of guanidine groups is 1. The Bertz CT molecular complexity index is 218. The summed E-state index contributed by atoms with van der Waals surface area (Å²) in [5.41, 5.74) is 4.99. The molecule has 0 aromatic rings. The molecule has 90 valence electrons. The Kier molecular flexibility index (Phi) is 18.7. The molecule has 0 amide bonds. The molecule has 13 N–H and O–H groups in total. The third-order valence-electron chi connectivity index (χ3n) is 1.00. The van der Waals surface area contributed by atoms with Crippen LogP contribution in [0.2, 0.25) is 0 Å². The molecule has 0 rings (SSSR count). The highest BCUT2D eigenvalue weighted by atomic mass is 16.5. The number of hydrogen-bond acceptors (Lipinski definition) is 6. The Balaban J connectivity index is -0.000000202. The number of hydrogen-bond donors (Lipinski definition) is 6. The smallest absolute Gasteiger partial charge is 0.337 e. The fourth-order valence-corrected chi connectivity index (χ4v) is 0.537. The minimum Gasteiger partial charge on any atom is -0.433 e. The molecule has 0 saturated heterocycles. The van der Waals surface area contributed by atoms with Crippen molar-refractivity contribution < 1.29 is 9.53 Å². The van der Waals surface area contributed by atoms with Gasteiger partial charge in [-0.1, -0.05) is 12.7 Å². The van der Waals surface area contributed by atoms with Crippen molar-refractivity contribution in [3.63, 3.8) is 0 Å². The standard InChI is InChI=1S/C7H11N3O2.3H3N/c1-3-5(10-7(8)9)6(11)12-4-2;;;/h3-5H,1-2H2,(H4,8,9,10);3*1H3. The predicted octanol–water partition coefficient (Wildman–Crippen LogP) is 0.197. The Morgan fingerprint density at radius 3 is 2.13 bits per heavy atom. The Morgan fingerprint density at radius 1 is 1.40 bits per heavy atom. The van der Waals surface area contributed by atoms with E-state index in [0.29, 0.717) is 0 Å². The maximum Gasteiger partial charge on any atom is 0.337 e. The van der Waals surface area contributed by atoms with Gasteiger partial charge in [0.05, 0.1) is 6.26 Å². The van der Waals surface area contributed by atoms with Crippen molar-refractivity contribution in [1.29, 1.82) is 5.41 Å². The number of esters is 1. The van der Waals surface area contributed by atoms with Gasteiger partial charge in [0.1, 0.15) is 6.04 Å². The summed E-state index contributed by atoms with van der Waals surface area (Å²) in [6.45, 7) is 6.57. The molecular formula is C7H20N6O2. The summed E-state index contributed by atoms with van der Waals surface area (Å²) in [4.78, 5) is 10.9. The summed E-state index contributed by atoms with van der Waals surface area (Å²) in [6, 6.07) is -0.805. The summed E-state index contributed by atoms with van der Waals surface area (Å²) < 4.78 is 4.43. The van der Waals surface area contributed by atoms with Crippen LogP contribution in [0.15, 0.2) is 25.5 Å². The van der Waals surface area contributed by atoms with E-state index < -0.39 is 12.0 Å². The summed E-state index contributed by atoms with van der Waals surface area (Å²) in [5, 5.41) is 9.17. The zero-order chi connectivity index (χ0) is 9.56. The first kappa shape index (κ1) is 23.2. The summed E-state index contributed by atoms with van der Waals surface area (Å²) in [5.74, 6) is -0.920. The molecule has 0 radical (unpaired) electrons. The quantitative estimate of drug-likeness (QED) is 0.128. The van der Waals surface area contributed by atoms with E-state index in [2.05, 4.69) is 23.2 Å². The van der Waals surface area contributed by atoms with Gasteiger partial charge in [-0.05, 0) is 0 Å². The minimum atomic E-state index is -0.805. The lowest BCUT2D eigenvalue weighted by Gasteiger charge is -2.10. The van der Waals surface area contributed by atoms with Gasteiger partial charge in [-0.15, -0.1) is 6.58 Å². The lowest BCUT2D eigenvalue weighted by Crippen LogP contribution is -2.43. The Hall–Kier alpha value is -1.90. The molecule has 1 atom stereocenters. The van der Waals surface area contributed by atoms with Gasteiger partial charge >= 0.3 is 5.97 Å². The molecule has 0 saturated carbocycles. The molecule has 1 unspecified atom stereocenters. The molecule has 0 bridgehead atoms. The van der Waals surface area contributed by atoms with E-state index in [1.165, 1.54) is 6.08 Å². The first-order valence-electron chi connectivity index (χ1n) is 3.16. The van der Waals surface area contributed by atoms with E-state index >= 15 is 0 Å². The van der Waals surface area contributed by atoms with Crippen molar-refractivity contribution in [1.82, 2.24) is 23.8 Å². The van der Waals surface area contributed by atoms with Crippen LogP contribution in [-0.4, -0.2) is 18.0 Å². The van der Waals surface area contributed by atoms with E-state index in [1.807, 2.05) is 0 Å². The van der Waals surface area contributed by atoms with Crippen molar-refractivity contribution in [2.75, 3.05) is 0 Å². The third-order valence-corrected chi connectivity index (χ3v) is 1.00. The molecular weight excluding hydrogens is 200 g/mol. The second-order valence-electron chi connectivity index (χ2n) is 1.87. The molecule has 0 aliphatic rings. The van der Waals surface area contributed by atoms with Crippen LogP contribution in [0.1, 0.15) is 0 Å². The average Bonchev–Trinajstić information content (AvgIpc) is 2.00. The monoisotopic (exact) mass is 220 g/mol. The van der Waals surface area contributed by atoms with Gasteiger partial charge in [0.2, 0.25) is 0 Å². The second-order valence-corrected chi connectivity index (χ2v) is 1.87. The van der Waals surface area contributed by atoms with E-state index in [9.17, 15) is 4.79 Å². The van der Waals surface area contributed by atoms with Gasteiger partial charge in [-0.25, -0.2) is 4.79 Å². The first-order chi connectivity index (χ1) is 5.61. The molecule has 0 fully saturated rings. The van der Waals surface area contributed by atoms with Gasteiger partial charge in [-0.2, -0.15) is 0 Å². The minimum absolute atomic E-state index is 0. The van der Waals surface area contributed by atoms with E-state index in [0.717, 1.165) is 6.26 Å². The van der Waals surface area contributed by atoms with Crippen LogP contribution >= 0.6 is 0 Å². The molecule has 0 aliphatic carbocycles. The first-order valence-corrected chi connectivity index (χ1v) is 3.16. The summed E-state index contributed by atoms with van der Waals surface area (Å²) in [6.07, 6.45) is 2.29. The van der Waals surface area contributed by atoms with E-state index in [-0.39, 0.29) is 24.4 Å². The predicted molar refractivity (Wildman–Crippen MR) is 60.4 cm³/mol. The average molecular weight is 220 g/mol. The van der Waals surface area contributed by atoms with Crippen LogP contribution < -0.4 is 29.5 Å². The lowest BCUT2D eigenvalue weighted by molar-refractivity contribution is -0.138. The molecule has 0 aliphatic heterocycles. The number of carbonyl (C=O) groups excluding carboxylic acids is 1. The zero-order valence-electron chi connectivity index (χ0n) is 8.66. The van der Waals surface area contributed by atoms with Crippen molar-refractivity contribution in [3.8, 4) is 0 Å². The van der Waals surface area contributed by atoms with Gasteiger partial charge in [0, 0.05) is 0 Å². The van der Waals surface area contributed by atoms with Crippen molar-refractivity contribution >= 4 is 11.9 Å². The van der Waals surface area contributed by atoms with Crippen LogP contribution in [-0.2, 0) is 9.53 Å². The van der Waals surface area contributed by atoms with Gasteiger partial charge in [0.25, 0.3) is 0 Å². The highest BCUT2D eigenvalue weighted by Gasteiger charge is 2.14. The SMILES string of the molecule is C=COC(=O)C(C=C)NC(=N)N.N.N.N. The Labute approximate surface area is 88.8 Å².